The highest BCUT2D eigenvalue weighted by Crippen LogP contribution is 2.36. The molecule has 1 saturated carbocycles. The lowest BCUT2D eigenvalue weighted by Gasteiger charge is -2.44. The normalized spacial score (nSPS) is 23.1. The molecule has 1 N–H and O–H groups in total. The van der Waals surface area contributed by atoms with Crippen molar-refractivity contribution in [1.29, 1.82) is 0 Å². The minimum atomic E-state index is 0.218. The number of aryl methyl sites for hydroxylation is 3. The number of hydrogen-bond donors (Lipinski definition) is 1. The number of amides is 1. The van der Waals surface area contributed by atoms with Gasteiger partial charge in [-0.05, 0) is 57.9 Å². The Hall–Kier alpha value is -1.69. The zero-order valence-electron chi connectivity index (χ0n) is 16.0. The fraction of sp³-hybridized carbons (Fsp3) is 0.650. The summed E-state index contributed by atoms with van der Waals surface area (Å²) < 4.78 is 0. The first-order chi connectivity index (χ1) is 12.5. The van der Waals surface area contributed by atoms with Crippen LogP contribution in [0.25, 0.3) is 10.2 Å². The number of carbonyl (C=O) groups is 1. The first-order valence-electron chi connectivity index (χ1n) is 9.82. The van der Waals surface area contributed by atoms with Crippen LogP contribution >= 0.6 is 11.3 Å². The van der Waals surface area contributed by atoms with E-state index in [-0.39, 0.29) is 5.91 Å². The molecule has 26 heavy (non-hydrogen) atoms. The van der Waals surface area contributed by atoms with Crippen LogP contribution in [0.1, 0.15) is 54.8 Å². The Labute approximate surface area is 159 Å². The predicted octanol–water partition coefficient (Wildman–Crippen LogP) is 4.21. The van der Waals surface area contributed by atoms with E-state index in [1.807, 2.05) is 6.92 Å². The number of rotatable bonds is 3. The van der Waals surface area contributed by atoms with Crippen LogP contribution in [0, 0.1) is 26.7 Å². The van der Waals surface area contributed by atoms with Crippen LogP contribution in [0.3, 0.4) is 0 Å². The lowest BCUT2D eigenvalue weighted by Crippen LogP contribution is -2.51. The molecule has 2 aliphatic rings. The molecule has 0 spiro atoms. The number of piperidine rings is 1. The second-order valence-electron chi connectivity index (χ2n) is 7.78. The number of thiophene rings is 1. The Morgan fingerprint density at radius 1 is 1.15 bits per heavy atom. The predicted molar refractivity (Wildman–Crippen MR) is 107 cm³/mol. The summed E-state index contributed by atoms with van der Waals surface area (Å²) in [5.41, 5.74) is 1.21. The third-order valence-electron chi connectivity index (χ3n) is 6.11. The summed E-state index contributed by atoms with van der Waals surface area (Å²) in [5, 5.41) is 4.41. The summed E-state index contributed by atoms with van der Waals surface area (Å²) in [6, 6.07) is 0.462. The van der Waals surface area contributed by atoms with Gasteiger partial charge in [0.05, 0.1) is 11.9 Å². The van der Waals surface area contributed by atoms with Gasteiger partial charge in [0.15, 0.2) is 0 Å². The van der Waals surface area contributed by atoms with E-state index in [4.69, 9.17) is 0 Å². The molecule has 2 aromatic heterocycles. The van der Waals surface area contributed by atoms with Gasteiger partial charge in [-0.3, -0.25) is 4.79 Å². The van der Waals surface area contributed by atoms with Crippen molar-refractivity contribution in [2.24, 2.45) is 5.92 Å². The molecule has 5 nitrogen and oxygen atoms in total. The van der Waals surface area contributed by atoms with Crippen molar-refractivity contribution in [2.75, 3.05) is 18.4 Å². The summed E-state index contributed by atoms with van der Waals surface area (Å²) >= 11 is 1.70. The summed E-state index contributed by atoms with van der Waals surface area (Å²) in [6.07, 6.45) is 7.50. The molecule has 140 valence electrons. The number of carbonyl (C=O) groups excluding carboxylic acids is 1. The van der Waals surface area contributed by atoms with Gasteiger partial charge in [0, 0.05) is 17.5 Å². The lowest BCUT2D eigenvalue weighted by molar-refractivity contribution is -0.135. The Kier molecular flexibility index (Phi) is 4.86. The molecule has 2 aromatic rings. The third kappa shape index (κ3) is 3.20. The molecule has 3 heterocycles. The zero-order chi connectivity index (χ0) is 18.3. The largest absolute Gasteiger partial charge is 0.360 e. The zero-order valence-corrected chi connectivity index (χ0v) is 16.8. The molecule has 1 aliphatic carbocycles. The molecular formula is C20H28N4OS. The molecule has 1 amide bonds. The van der Waals surface area contributed by atoms with Gasteiger partial charge in [-0.1, -0.05) is 12.8 Å². The molecule has 0 unspecified atom stereocenters. The quantitative estimate of drug-likeness (QED) is 0.877. The van der Waals surface area contributed by atoms with Gasteiger partial charge >= 0.3 is 0 Å². The highest BCUT2D eigenvalue weighted by atomic mass is 32.1. The summed E-state index contributed by atoms with van der Waals surface area (Å²) in [7, 11) is 0. The molecule has 0 bridgehead atoms. The highest BCUT2D eigenvalue weighted by Gasteiger charge is 2.35. The van der Waals surface area contributed by atoms with Gasteiger partial charge < -0.3 is 10.2 Å². The van der Waals surface area contributed by atoms with E-state index in [1.165, 1.54) is 42.5 Å². The van der Waals surface area contributed by atoms with Gasteiger partial charge in [0.25, 0.3) is 0 Å². The first kappa shape index (κ1) is 17.7. The maximum atomic E-state index is 13.0. The average Bonchev–Trinajstić information content (AvgIpc) is 2.92. The van der Waals surface area contributed by atoms with Crippen molar-refractivity contribution < 1.29 is 4.79 Å². The topological polar surface area (TPSA) is 58.1 Å². The van der Waals surface area contributed by atoms with Gasteiger partial charge in [-0.25, -0.2) is 9.97 Å². The molecule has 0 aromatic carbocycles. The van der Waals surface area contributed by atoms with E-state index in [2.05, 4.69) is 34.0 Å². The smallest absolute Gasteiger partial charge is 0.242 e. The fourth-order valence-electron chi connectivity index (χ4n) is 4.68. The van der Waals surface area contributed by atoms with Gasteiger partial charge in [-0.2, -0.15) is 0 Å². The van der Waals surface area contributed by atoms with E-state index < -0.39 is 0 Å². The maximum Gasteiger partial charge on any atom is 0.242 e. The first-order valence-corrected chi connectivity index (χ1v) is 10.6. The van der Waals surface area contributed by atoms with Crippen molar-refractivity contribution in [3.05, 3.63) is 16.3 Å². The van der Waals surface area contributed by atoms with Crippen LogP contribution in [-0.2, 0) is 4.79 Å². The fourth-order valence-corrected chi connectivity index (χ4v) is 5.75. The summed E-state index contributed by atoms with van der Waals surface area (Å²) in [5.74, 6) is 2.49. The summed E-state index contributed by atoms with van der Waals surface area (Å²) in [6.45, 7) is 7.37. The number of anilines is 1. The van der Waals surface area contributed by atoms with E-state index in [0.717, 1.165) is 40.7 Å². The van der Waals surface area contributed by atoms with Gasteiger partial charge in [0.2, 0.25) is 5.91 Å². The van der Waals surface area contributed by atoms with Crippen molar-refractivity contribution in [1.82, 2.24) is 14.9 Å². The molecule has 1 saturated heterocycles. The molecule has 4 rings (SSSR count). The highest BCUT2D eigenvalue weighted by molar-refractivity contribution is 7.18. The minimum Gasteiger partial charge on any atom is -0.360 e. The number of nitrogens with one attached hydrogen (secondary N) is 1. The van der Waals surface area contributed by atoms with Crippen LogP contribution in [0.2, 0.25) is 0 Å². The Morgan fingerprint density at radius 2 is 1.92 bits per heavy atom. The second kappa shape index (κ2) is 7.14. The SMILES string of the molecule is Cc1nc(NCC(=O)N2CCC[C@H]3CCCC[C@@H]32)c2c(C)c(C)sc2n1. The summed E-state index contributed by atoms with van der Waals surface area (Å²) in [4.78, 5) is 26.5. The molecule has 6 heteroatoms. The van der Waals surface area contributed by atoms with Crippen molar-refractivity contribution in [2.45, 2.75) is 65.3 Å². The standard InChI is InChI=1S/C20H28N4OS/c1-12-13(2)26-20-18(12)19(22-14(3)23-20)21-11-17(25)24-10-6-8-15-7-4-5-9-16(15)24/h15-16H,4-11H2,1-3H3,(H,21,22,23)/t15-,16+/m1/s1. The van der Waals surface area contributed by atoms with Gasteiger partial charge in [0.1, 0.15) is 16.5 Å². The van der Waals surface area contributed by atoms with Crippen molar-refractivity contribution >= 4 is 33.3 Å². The number of aromatic nitrogens is 2. The van der Waals surface area contributed by atoms with Crippen LogP contribution < -0.4 is 5.32 Å². The number of likely N-dealkylation sites (tertiary alicyclic amines) is 1. The Balaban J connectivity index is 1.52. The Morgan fingerprint density at radius 3 is 2.77 bits per heavy atom. The molecular weight excluding hydrogens is 344 g/mol. The van der Waals surface area contributed by atoms with Crippen LogP contribution in [0.15, 0.2) is 0 Å². The molecule has 1 aliphatic heterocycles. The van der Waals surface area contributed by atoms with Crippen LogP contribution in [0.5, 0.6) is 0 Å². The minimum absolute atomic E-state index is 0.218. The lowest BCUT2D eigenvalue weighted by atomic mass is 9.78. The number of fused-ring (bicyclic) bond motifs is 2. The van der Waals surface area contributed by atoms with E-state index in [0.29, 0.717) is 12.6 Å². The Bertz CT molecular complexity index is 829. The molecule has 2 fully saturated rings. The van der Waals surface area contributed by atoms with Crippen molar-refractivity contribution in [3.8, 4) is 0 Å². The van der Waals surface area contributed by atoms with E-state index >= 15 is 0 Å². The third-order valence-corrected chi connectivity index (χ3v) is 7.21. The van der Waals surface area contributed by atoms with E-state index in [9.17, 15) is 4.79 Å². The van der Waals surface area contributed by atoms with Crippen LogP contribution in [-0.4, -0.2) is 39.9 Å². The maximum absolute atomic E-state index is 13.0. The number of nitrogens with zero attached hydrogens (tertiary/aromatic N) is 3. The number of hydrogen-bond acceptors (Lipinski definition) is 5. The molecule has 0 radical (unpaired) electrons. The monoisotopic (exact) mass is 372 g/mol. The van der Waals surface area contributed by atoms with Crippen LogP contribution in [0.4, 0.5) is 5.82 Å². The van der Waals surface area contributed by atoms with Crippen molar-refractivity contribution in [3.63, 3.8) is 0 Å². The van der Waals surface area contributed by atoms with Gasteiger partial charge in [-0.15, -0.1) is 11.3 Å². The average molecular weight is 373 g/mol. The van der Waals surface area contributed by atoms with E-state index in [1.54, 1.807) is 11.3 Å². The molecule has 2 atom stereocenters. The second-order valence-corrected chi connectivity index (χ2v) is 8.98.